The highest BCUT2D eigenvalue weighted by Crippen LogP contribution is 2.22. The summed E-state index contributed by atoms with van der Waals surface area (Å²) in [6, 6.07) is 5.48. The number of ether oxygens (including phenoxy) is 1. The molecule has 0 bridgehead atoms. The van der Waals surface area contributed by atoms with Crippen molar-refractivity contribution in [3.8, 4) is 5.75 Å². The number of aryl methyl sites for hydroxylation is 1. The fraction of sp³-hybridized carbons (Fsp3) is 0.562. The largest absolute Gasteiger partial charge is 0.481 e. The molecule has 0 N–H and O–H groups in total. The Kier molecular flexibility index (Phi) is 5.30. The molecular weight excluding hydrogens is 274 g/mol. The van der Waals surface area contributed by atoms with E-state index in [0.717, 1.165) is 31.5 Å². The Morgan fingerprint density at radius 3 is 2.50 bits per heavy atom. The number of hydrogen-bond acceptors (Lipinski definition) is 2. The molecule has 2 rings (SSSR count). The van der Waals surface area contributed by atoms with E-state index in [2.05, 4.69) is 0 Å². The summed E-state index contributed by atoms with van der Waals surface area (Å²) in [6.45, 7) is 5.45. The van der Waals surface area contributed by atoms with Gasteiger partial charge in [0, 0.05) is 18.1 Å². The van der Waals surface area contributed by atoms with E-state index in [9.17, 15) is 4.79 Å². The average Bonchev–Trinajstić information content (AvgIpc) is 2.71. The molecule has 4 heteroatoms. The van der Waals surface area contributed by atoms with Crippen LogP contribution in [0.3, 0.4) is 0 Å². The van der Waals surface area contributed by atoms with Gasteiger partial charge < -0.3 is 9.64 Å². The van der Waals surface area contributed by atoms with Gasteiger partial charge in [-0.25, -0.2) is 0 Å². The maximum Gasteiger partial charge on any atom is 0.263 e. The highest BCUT2D eigenvalue weighted by molar-refractivity contribution is 6.31. The molecule has 1 atom stereocenters. The molecule has 1 fully saturated rings. The summed E-state index contributed by atoms with van der Waals surface area (Å²) in [7, 11) is 0. The Morgan fingerprint density at radius 2 is 1.90 bits per heavy atom. The topological polar surface area (TPSA) is 29.5 Å². The number of halogens is 1. The molecular formula is C16H22ClNO2. The maximum atomic E-state index is 12.4. The number of benzene rings is 1. The standard InChI is InChI=1S/C16H22ClNO2/c1-12-11-14(7-8-15(12)17)20-13(2)16(19)18-9-5-3-4-6-10-18/h7-8,11,13H,3-6,9-10H2,1-2H3/t13-/m1/s1. The van der Waals surface area contributed by atoms with E-state index in [-0.39, 0.29) is 5.91 Å². The lowest BCUT2D eigenvalue weighted by Gasteiger charge is -2.24. The molecule has 0 aromatic heterocycles. The lowest BCUT2D eigenvalue weighted by atomic mass is 10.2. The minimum absolute atomic E-state index is 0.0829. The third-order valence-corrected chi connectivity index (χ3v) is 4.13. The lowest BCUT2D eigenvalue weighted by molar-refractivity contribution is -0.137. The molecule has 0 spiro atoms. The summed E-state index contributed by atoms with van der Waals surface area (Å²) < 4.78 is 5.76. The predicted molar refractivity (Wildman–Crippen MR) is 81.3 cm³/mol. The monoisotopic (exact) mass is 295 g/mol. The Bertz CT molecular complexity index is 468. The van der Waals surface area contributed by atoms with Gasteiger partial charge in [0.05, 0.1) is 0 Å². The van der Waals surface area contributed by atoms with Crippen LogP contribution < -0.4 is 4.74 Å². The van der Waals surface area contributed by atoms with Crippen LogP contribution in [0.15, 0.2) is 18.2 Å². The molecule has 1 aliphatic rings. The second kappa shape index (κ2) is 6.98. The van der Waals surface area contributed by atoms with Crippen molar-refractivity contribution < 1.29 is 9.53 Å². The molecule has 0 unspecified atom stereocenters. The molecule has 1 heterocycles. The second-order valence-electron chi connectivity index (χ2n) is 5.41. The second-order valence-corrected chi connectivity index (χ2v) is 5.82. The van der Waals surface area contributed by atoms with Crippen LogP contribution in [0.5, 0.6) is 5.75 Å². The Balaban J connectivity index is 1.97. The van der Waals surface area contributed by atoms with Gasteiger partial charge in [0.25, 0.3) is 5.91 Å². The van der Waals surface area contributed by atoms with Crippen molar-refractivity contribution in [2.45, 2.75) is 45.6 Å². The van der Waals surface area contributed by atoms with Gasteiger partial charge in [0.1, 0.15) is 5.75 Å². The van der Waals surface area contributed by atoms with E-state index in [1.165, 1.54) is 12.8 Å². The van der Waals surface area contributed by atoms with Gasteiger partial charge in [-0.15, -0.1) is 0 Å². The van der Waals surface area contributed by atoms with E-state index < -0.39 is 6.10 Å². The van der Waals surface area contributed by atoms with Gasteiger partial charge in [-0.05, 0) is 50.5 Å². The van der Waals surface area contributed by atoms with Crippen LogP contribution in [0.4, 0.5) is 0 Å². The number of likely N-dealkylation sites (tertiary alicyclic amines) is 1. The molecule has 1 saturated heterocycles. The van der Waals surface area contributed by atoms with E-state index >= 15 is 0 Å². The number of nitrogens with zero attached hydrogens (tertiary/aromatic N) is 1. The first-order chi connectivity index (χ1) is 9.58. The van der Waals surface area contributed by atoms with E-state index in [0.29, 0.717) is 10.8 Å². The van der Waals surface area contributed by atoms with Crippen LogP contribution in [-0.4, -0.2) is 30.0 Å². The quantitative estimate of drug-likeness (QED) is 0.848. The molecule has 20 heavy (non-hydrogen) atoms. The van der Waals surface area contributed by atoms with Crippen LogP contribution in [0.25, 0.3) is 0 Å². The summed E-state index contributed by atoms with van der Waals surface area (Å²) in [5, 5.41) is 0.712. The van der Waals surface area contributed by atoms with E-state index in [1.807, 2.05) is 30.9 Å². The molecule has 1 aromatic rings. The molecule has 1 amide bonds. The highest BCUT2D eigenvalue weighted by atomic mass is 35.5. The summed E-state index contributed by atoms with van der Waals surface area (Å²) in [4.78, 5) is 14.3. The van der Waals surface area contributed by atoms with E-state index in [1.54, 1.807) is 6.07 Å². The van der Waals surface area contributed by atoms with Crippen LogP contribution in [0.1, 0.15) is 38.2 Å². The van der Waals surface area contributed by atoms with Crippen LogP contribution >= 0.6 is 11.6 Å². The smallest absolute Gasteiger partial charge is 0.263 e. The van der Waals surface area contributed by atoms with Gasteiger partial charge in [-0.1, -0.05) is 24.4 Å². The number of hydrogen-bond donors (Lipinski definition) is 0. The first kappa shape index (κ1) is 15.2. The molecule has 1 aromatic carbocycles. The van der Waals surface area contributed by atoms with Gasteiger partial charge in [0.2, 0.25) is 0 Å². The zero-order chi connectivity index (χ0) is 14.5. The first-order valence-electron chi connectivity index (χ1n) is 7.29. The normalized spacial score (nSPS) is 17.4. The van der Waals surface area contributed by atoms with Crippen molar-refractivity contribution in [1.82, 2.24) is 4.90 Å². The maximum absolute atomic E-state index is 12.4. The SMILES string of the molecule is Cc1cc(O[C@H](C)C(=O)N2CCCCCC2)ccc1Cl. The molecule has 3 nitrogen and oxygen atoms in total. The number of rotatable bonds is 3. The number of carbonyl (C=O) groups is 1. The van der Waals surface area contributed by atoms with Gasteiger partial charge in [-0.2, -0.15) is 0 Å². The van der Waals surface area contributed by atoms with Gasteiger partial charge in [-0.3, -0.25) is 4.79 Å². The fourth-order valence-corrected chi connectivity index (χ4v) is 2.61. The zero-order valence-corrected chi connectivity index (χ0v) is 12.9. The van der Waals surface area contributed by atoms with Gasteiger partial charge in [0.15, 0.2) is 6.10 Å². The van der Waals surface area contributed by atoms with Crippen molar-refractivity contribution in [3.05, 3.63) is 28.8 Å². The van der Waals surface area contributed by atoms with Crippen molar-refractivity contribution in [3.63, 3.8) is 0 Å². The Morgan fingerprint density at radius 1 is 1.25 bits per heavy atom. The third-order valence-electron chi connectivity index (χ3n) is 3.71. The zero-order valence-electron chi connectivity index (χ0n) is 12.2. The van der Waals surface area contributed by atoms with E-state index in [4.69, 9.17) is 16.3 Å². The van der Waals surface area contributed by atoms with Gasteiger partial charge >= 0.3 is 0 Å². The Hall–Kier alpha value is -1.22. The fourth-order valence-electron chi connectivity index (χ4n) is 2.49. The summed E-state index contributed by atoms with van der Waals surface area (Å²) >= 11 is 5.99. The van der Waals surface area contributed by atoms with Crippen LogP contribution in [0.2, 0.25) is 5.02 Å². The number of amides is 1. The highest BCUT2D eigenvalue weighted by Gasteiger charge is 2.22. The number of carbonyl (C=O) groups excluding carboxylic acids is 1. The van der Waals surface area contributed by atoms with Crippen molar-refractivity contribution >= 4 is 17.5 Å². The minimum Gasteiger partial charge on any atom is -0.481 e. The molecule has 0 saturated carbocycles. The van der Waals surface area contributed by atoms with Crippen molar-refractivity contribution in [1.29, 1.82) is 0 Å². The Labute approximate surface area is 125 Å². The van der Waals surface area contributed by atoms with Crippen LogP contribution in [0, 0.1) is 6.92 Å². The summed E-state index contributed by atoms with van der Waals surface area (Å²) in [5.74, 6) is 0.780. The molecule has 0 aliphatic carbocycles. The summed E-state index contributed by atoms with van der Waals surface area (Å²) in [5.41, 5.74) is 0.957. The molecule has 1 aliphatic heterocycles. The van der Waals surface area contributed by atoms with Crippen LogP contribution in [-0.2, 0) is 4.79 Å². The summed E-state index contributed by atoms with van der Waals surface area (Å²) in [6.07, 6.45) is 4.18. The predicted octanol–water partition coefficient (Wildman–Crippen LogP) is 3.82. The first-order valence-corrected chi connectivity index (χ1v) is 7.67. The third kappa shape index (κ3) is 3.89. The average molecular weight is 296 g/mol. The van der Waals surface area contributed by atoms with Crippen molar-refractivity contribution in [2.75, 3.05) is 13.1 Å². The van der Waals surface area contributed by atoms with Crippen molar-refractivity contribution in [2.24, 2.45) is 0 Å². The lowest BCUT2D eigenvalue weighted by Crippen LogP contribution is -2.41. The molecule has 110 valence electrons. The molecule has 0 radical (unpaired) electrons. The minimum atomic E-state index is -0.450.